The highest BCUT2D eigenvalue weighted by atomic mass is 16.1. The van der Waals surface area contributed by atoms with E-state index in [2.05, 4.69) is 22.1 Å². The van der Waals surface area contributed by atoms with Crippen molar-refractivity contribution >= 4 is 12.5 Å². The summed E-state index contributed by atoms with van der Waals surface area (Å²) in [6.07, 6.45) is 10.9. The van der Waals surface area contributed by atoms with Gasteiger partial charge in [0.15, 0.2) is 0 Å². The Morgan fingerprint density at radius 2 is 1.86 bits per heavy atom. The van der Waals surface area contributed by atoms with Crippen LogP contribution in [0.5, 0.6) is 0 Å². The maximum absolute atomic E-state index is 10.2. The number of H-pyrrole nitrogens is 1. The number of nitrogens with one attached hydrogen (secondary N) is 2. The number of benzene rings is 1. The lowest BCUT2D eigenvalue weighted by Crippen LogP contribution is -1.89. The molecule has 0 radical (unpaired) electrons. The summed E-state index contributed by atoms with van der Waals surface area (Å²) in [6.45, 7) is 0. The average molecular weight is 297 g/mol. The molecule has 116 valence electrons. The van der Waals surface area contributed by atoms with Crippen molar-refractivity contribution in [3.8, 4) is 11.3 Å². The SMILES string of the molecule is N=CCc1ccc(-c2cnc(CCCCCCC=O)[nH]2)cc1. The first-order valence-electron chi connectivity index (χ1n) is 7.89. The molecule has 1 heterocycles. The van der Waals surface area contributed by atoms with Crippen molar-refractivity contribution in [3.05, 3.63) is 41.9 Å². The molecule has 22 heavy (non-hydrogen) atoms. The van der Waals surface area contributed by atoms with Gasteiger partial charge in [-0.2, -0.15) is 0 Å². The standard InChI is InChI=1S/C18H23N3O/c19-12-11-15-7-9-16(10-8-15)17-14-20-18(21-17)6-4-2-1-3-5-13-22/h7-10,12-14,19H,1-6,11H2,(H,20,21). The van der Waals surface area contributed by atoms with E-state index in [1.807, 2.05) is 18.3 Å². The normalized spacial score (nSPS) is 10.5. The smallest absolute Gasteiger partial charge is 0.119 e. The maximum atomic E-state index is 10.2. The number of hydrogen-bond acceptors (Lipinski definition) is 3. The van der Waals surface area contributed by atoms with Crippen molar-refractivity contribution in [1.29, 1.82) is 5.41 Å². The molecule has 0 aliphatic rings. The van der Waals surface area contributed by atoms with Gasteiger partial charge in [0, 0.05) is 19.3 Å². The van der Waals surface area contributed by atoms with Crippen molar-refractivity contribution < 1.29 is 4.79 Å². The third-order valence-electron chi connectivity index (χ3n) is 3.72. The summed E-state index contributed by atoms with van der Waals surface area (Å²) in [5.41, 5.74) is 3.31. The van der Waals surface area contributed by atoms with E-state index in [0.717, 1.165) is 61.0 Å². The minimum Gasteiger partial charge on any atom is -0.342 e. The van der Waals surface area contributed by atoms with E-state index in [9.17, 15) is 4.79 Å². The number of aromatic nitrogens is 2. The van der Waals surface area contributed by atoms with E-state index >= 15 is 0 Å². The molecule has 4 nitrogen and oxygen atoms in total. The number of carbonyl (C=O) groups is 1. The summed E-state index contributed by atoms with van der Waals surface area (Å²) in [4.78, 5) is 18.0. The number of hydrogen-bond donors (Lipinski definition) is 2. The summed E-state index contributed by atoms with van der Waals surface area (Å²) >= 11 is 0. The Bertz CT molecular complexity index is 587. The molecule has 0 bridgehead atoms. The molecule has 0 spiro atoms. The van der Waals surface area contributed by atoms with Gasteiger partial charge in [0.1, 0.15) is 12.1 Å². The third-order valence-corrected chi connectivity index (χ3v) is 3.72. The Labute approximate surface area is 131 Å². The second-order valence-electron chi connectivity index (χ2n) is 5.47. The summed E-state index contributed by atoms with van der Waals surface area (Å²) < 4.78 is 0. The van der Waals surface area contributed by atoms with E-state index in [-0.39, 0.29) is 0 Å². The third kappa shape index (κ3) is 4.95. The topological polar surface area (TPSA) is 69.6 Å². The number of imidazole rings is 1. The molecule has 0 saturated carbocycles. The predicted octanol–water partition coefficient (Wildman–Crippen LogP) is 3.96. The molecule has 0 amide bonds. The van der Waals surface area contributed by atoms with Gasteiger partial charge in [-0.15, -0.1) is 0 Å². The molecule has 1 aromatic carbocycles. The van der Waals surface area contributed by atoms with Crippen LogP contribution < -0.4 is 0 Å². The van der Waals surface area contributed by atoms with Crippen LogP contribution in [0.15, 0.2) is 30.5 Å². The first-order chi connectivity index (χ1) is 10.8. The molecule has 0 aliphatic heterocycles. The Kier molecular flexibility index (Phi) is 6.55. The van der Waals surface area contributed by atoms with Gasteiger partial charge in [0.05, 0.1) is 11.9 Å². The minimum atomic E-state index is 0.679. The minimum absolute atomic E-state index is 0.679. The van der Waals surface area contributed by atoms with Gasteiger partial charge >= 0.3 is 0 Å². The second-order valence-corrected chi connectivity index (χ2v) is 5.47. The number of unbranched alkanes of at least 4 members (excludes halogenated alkanes) is 4. The van der Waals surface area contributed by atoms with Crippen LogP contribution in [0.3, 0.4) is 0 Å². The van der Waals surface area contributed by atoms with E-state index in [1.54, 1.807) is 0 Å². The van der Waals surface area contributed by atoms with Gasteiger partial charge in [-0.25, -0.2) is 4.98 Å². The molecular formula is C18H23N3O. The summed E-state index contributed by atoms with van der Waals surface area (Å²) in [6, 6.07) is 8.23. The summed E-state index contributed by atoms with van der Waals surface area (Å²) in [5.74, 6) is 1.02. The van der Waals surface area contributed by atoms with E-state index < -0.39 is 0 Å². The molecular weight excluding hydrogens is 274 g/mol. The van der Waals surface area contributed by atoms with Crippen molar-refractivity contribution in [2.45, 2.75) is 44.9 Å². The van der Waals surface area contributed by atoms with Crippen LogP contribution in [0.2, 0.25) is 0 Å². The van der Waals surface area contributed by atoms with Gasteiger partial charge in [0.2, 0.25) is 0 Å². The quantitative estimate of drug-likeness (QED) is 0.396. The Morgan fingerprint density at radius 1 is 1.09 bits per heavy atom. The maximum Gasteiger partial charge on any atom is 0.119 e. The monoisotopic (exact) mass is 297 g/mol. The first kappa shape index (κ1) is 16.1. The van der Waals surface area contributed by atoms with Crippen LogP contribution in [-0.4, -0.2) is 22.5 Å². The fourth-order valence-electron chi connectivity index (χ4n) is 2.45. The zero-order valence-electron chi connectivity index (χ0n) is 12.8. The molecule has 4 heteroatoms. The fourth-order valence-corrected chi connectivity index (χ4v) is 2.45. The molecule has 1 aromatic heterocycles. The lowest BCUT2D eigenvalue weighted by Gasteiger charge is -2.00. The lowest BCUT2D eigenvalue weighted by atomic mass is 10.1. The van der Waals surface area contributed by atoms with E-state index in [0.29, 0.717) is 12.8 Å². The van der Waals surface area contributed by atoms with Crippen molar-refractivity contribution in [1.82, 2.24) is 9.97 Å². The number of aldehydes is 1. The van der Waals surface area contributed by atoms with Gasteiger partial charge in [-0.3, -0.25) is 0 Å². The van der Waals surface area contributed by atoms with Gasteiger partial charge in [-0.05, 0) is 30.2 Å². The number of rotatable bonds is 10. The van der Waals surface area contributed by atoms with Crippen molar-refractivity contribution in [2.24, 2.45) is 0 Å². The van der Waals surface area contributed by atoms with Gasteiger partial charge < -0.3 is 15.2 Å². The lowest BCUT2D eigenvalue weighted by molar-refractivity contribution is -0.107. The molecule has 2 rings (SSSR count). The Balaban J connectivity index is 1.82. The molecule has 0 aliphatic carbocycles. The molecule has 2 aromatic rings. The molecule has 0 saturated heterocycles. The van der Waals surface area contributed by atoms with Crippen LogP contribution in [-0.2, 0) is 17.6 Å². The van der Waals surface area contributed by atoms with Gasteiger partial charge in [0.25, 0.3) is 0 Å². The Hall–Kier alpha value is -2.23. The number of nitrogens with zero attached hydrogens (tertiary/aromatic N) is 1. The predicted molar refractivity (Wildman–Crippen MR) is 89.4 cm³/mol. The van der Waals surface area contributed by atoms with E-state index in [1.165, 1.54) is 6.21 Å². The van der Waals surface area contributed by atoms with Crippen LogP contribution in [0.4, 0.5) is 0 Å². The van der Waals surface area contributed by atoms with Crippen molar-refractivity contribution in [2.75, 3.05) is 0 Å². The first-order valence-corrected chi connectivity index (χ1v) is 7.89. The molecule has 0 fully saturated rings. The fraction of sp³-hybridized carbons (Fsp3) is 0.389. The molecule has 0 atom stereocenters. The summed E-state index contributed by atoms with van der Waals surface area (Å²) in [5, 5.41) is 7.12. The zero-order valence-corrected chi connectivity index (χ0v) is 12.8. The highest BCUT2D eigenvalue weighted by Gasteiger charge is 2.03. The second kappa shape index (κ2) is 8.93. The number of aryl methyl sites for hydroxylation is 1. The van der Waals surface area contributed by atoms with E-state index in [4.69, 9.17) is 5.41 Å². The molecule has 2 N–H and O–H groups in total. The number of carbonyl (C=O) groups excluding carboxylic acids is 1. The highest BCUT2D eigenvalue weighted by Crippen LogP contribution is 2.18. The summed E-state index contributed by atoms with van der Waals surface area (Å²) in [7, 11) is 0. The van der Waals surface area contributed by atoms with Gasteiger partial charge in [-0.1, -0.05) is 37.1 Å². The van der Waals surface area contributed by atoms with Crippen LogP contribution >= 0.6 is 0 Å². The largest absolute Gasteiger partial charge is 0.342 e. The van der Waals surface area contributed by atoms with Crippen molar-refractivity contribution in [3.63, 3.8) is 0 Å². The number of aromatic amines is 1. The average Bonchev–Trinajstić information content (AvgIpc) is 3.01. The van der Waals surface area contributed by atoms with Crippen LogP contribution in [0.25, 0.3) is 11.3 Å². The zero-order chi connectivity index (χ0) is 15.6. The molecule has 0 unspecified atom stereocenters. The van der Waals surface area contributed by atoms with Crippen LogP contribution in [0, 0.1) is 5.41 Å². The Morgan fingerprint density at radius 3 is 2.59 bits per heavy atom. The van der Waals surface area contributed by atoms with Crippen LogP contribution in [0.1, 0.15) is 43.5 Å². The highest BCUT2D eigenvalue weighted by molar-refractivity contribution is 5.62.